The minimum Gasteiger partial charge on any atom is -0.491 e. The number of benzene rings is 2. The van der Waals surface area contributed by atoms with Crippen LogP contribution in [0.1, 0.15) is 5.56 Å². The second-order valence-corrected chi connectivity index (χ2v) is 4.42. The van der Waals surface area contributed by atoms with Gasteiger partial charge in [0.05, 0.1) is 11.6 Å². The summed E-state index contributed by atoms with van der Waals surface area (Å²) in [5.41, 5.74) is 7.86. The smallest absolute Gasteiger partial charge is 0.120 e. The third-order valence-electron chi connectivity index (χ3n) is 2.87. The van der Waals surface area contributed by atoms with Crippen LogP contribution < -0.4 is 10.5 Å². The zero-order chi connectivity index (χ0) is 14.4. The summed E-state index contributed by atoms with van der Waals surface area (Å²) in [6, 6.07) is 17.0. The van der Waals surface area contributed by atoms with Crippen LogP contribution in [0.3, 0.4) is 0 Å². The van der Waals surface area contributed by atoms with Crippen LogP contribution in [-0.2, 0) is 0 Å². The van der Waals surface area contributed by atoms with Crippen molar-refractivity contribution >= 4 is 0 Å². The Bertz CT molecular complexity index is 620. The molecule has 0 aliphatic carbocycles. The molecule has 0 bridgehead atoms. The zero-order valence-corrected chi connectivity index (χ0v) is 11.0. The van der Waals surface area contributed by atoms with Crippen LogP contribution in [0, 0.1) is 11.3 Å². The zero-order valence-electron chi connectivity index (χ0n) is 11.0. The number of hydrogen-bond acceptors (Lipinski definition) is 4. The molecular weight excluding hydrogens is 252 g/mol. The molecular formula is C16H16N2O2. The summed E-state index contributed by atoms with van der Waals surface area (Å²) in [5.74, 6) is 0.664. The van der Waals surface area contributed by atoms with Gasteiger partial charge in [0.25, 0.3) is 0 Å². The summed E-state index contributed by atoms with van der Waals surface area (Å²) >= 11 is 0. The van der Waals surface area contributed by atoms with E-state index in [2.05, 4.69) is 6.07 Å². The molecule has 0 saturated heterocycles. The summed E-state index contributed by atoms with van der Waals surface area (Å²) in [6.07, 6.45) is -0.666. The Morgan fingerprint density at radius 1 is 1.15 bits per heavy atom. The van der Waals surface area contributed by atoms with Gasteiger partial charge >= 0.3 is 0 Å². The summed E-state index contributed by atoms with van der Waals surface area (Å²) in [6.45, 7) is 0.335. The molecule has 2 aromatic carbocycles. The monoisotopic (exact) mass is 268 g/mol. The standard InChI is InChI=1S/C16H16N2O2/c17-9-12-3-1-4-13(7-12)14-5-2-6-16(8-14)20-11-15(19)10-18/h1-8,15,19H,10-11,18H2. The van der Waals surface area contributed by atoms with Crippen LogP contribution in [0.2, 0.25) is 0 Å². The third kappa shape index (κ3) is 3.58. The molecule has 0 saturated carbocycles. The number of rotatable bonds is 5. The number of nitriles is 1. The molecule has 4 nitrogen and oxygen atoms in total. The van der Waals surface area contributed by atoms with Crippen LogP contribution in [0.25, 0.3) is 11.1 Å². The third-order valence-corrected chi connectivity index (χ3v) is 2.87. The van der Waals surface area contributed by atoms with Crippen molar-refractivity contribution < 1.29 is 9.84 Å². The molecule has 1 unspecified atom stereocenters. The van der Waals surface area contributed by atoms with E-state index in [4.69, 9.17) is 15.7 Å². The van der Waals surface area contributed by atoms with Gasteiger partial charge in [-0.15, -0.1) is 0 Å². The van der Waals surface area contributed by atoms with Crippen LogP contribution >= 0.6 is 0 Å². The predicted molar refractivity (Wildman–Crippen MR) is 77.1 cm³/mol. The van der Waals surface area contributed by atoms with Crippen molar-refractivity contribution in [1.82, 2.24) is 0 Å². The summed E-state index contributed by atoms with van der Waals surface area (Å²) in [5, 5.41) is 18.3. The Hall–Kier alpha value is -2.35. The summed E-state index contributed by atoms with van der Waals surface area (Å²) in [4.78, 5) is 0. The molecule has 2 aromatic rings. The van der Waals surface area contributed by atoms with Crippen LogP contribution in [0.5, 0.6) is 5.75 Å². The first-order chi connectivity index (χ1) is 9.72. The van der Waals surface area contributed by atoms with Gasteiger partial charge in [0.15, 0.2) is 0 Å². The number of nitrogens with two attached hydrogens (primary N) is 1. The largest absolute Gasteiger partial charge is 0.491 e. The van der Waals surface area contributed by atoms with E-state index >= 15 is 0 Å². The van der Waals surface area contributed by atoms with Crippen molar-refractivity contribution in [2.75, 3.05) is 13.2 Å². The van der Waals surface area contributed by atoms with Gasteiger partial charge in [-0.05, 0) is 35.4 Å². The molecule has 20 heavy (non-hydrogen) atoms. The average Bonchev–Trinajstić information content (AvgIpc) is 2.53. The Morgan fingerprint density at radius 2 is 1.85 bits per heavy atom. The lowest BCUT2D eigenvalue weighted by molar-refractivity contribution is 0.114. The van der Waals surface area contributed by atoms with Crippen molar-refractivity contribution in [3.8, 4) is 22.9 Å². The normalized spacial score (nSPS) is 11.7. The second-order valence-electron chi connectivity index (χ2n) is 4.42. The molecule has 0 heterocycles. The van der Waals surface area contributed by atoms with E-state index in [1.165, 1.54) is 0 Å². The molecule has 0 aromatic heterocycles. The number of aliphatic hydroxyl groups excluding tert-OH is 1. The SMILES string of the molecule is N#Cc1cccc(-c2cccc(OCC(O)CN)c2)c1. The number of ether oxygens (including phenoxy) is 1. The van der Waals surface area contributed by atoms with Crippen molar-refractivity contribution in [3.63, 3.8) is 0 Å². The number of aliphatic hydroxyl groups is 1. The molecule has 1 atom stereocenters. The first-order valence-corrected chi connectivity index (χ1v) is 6.34. The summed E-state index contributed by atoms with van der Waals surface area (Å²) in [7, 11) is 0. The Labute approximate surface area is 118 Å². The molecule has 3 N–H and O–H groups in total. The first-order valence-electron chi connectivity index (χ1n) is 6.34. The maximum Gasteiger partial charge on any atom is 0.120 e. The van der Waals surface area contributed by atoms with Crippen molar-refractivity contribution in [2.45, 2.75) is 6.10 Å². The lowest BCUT2D eigenvalue weighted by atomic mass is 10.0. The highest BCUT2D eigenvalue weighted by atomic mass is 16.5. The first kappa shape index (κ1) is 14.1. The average molecular weight is 268 g/mol. The van der Waals surface area contributed by atoms with Gasteiger partial charge in [0.2, 0.25) is 0 Å². The highest BCUT2D eigenvalue weighted by Crippen LogP contribution is 2.24. The number of nitrogens with zero attached hydrogens (tertiary/aromatic N) is 1. The lowest BCUT2D eigenvalue weighted by Gasteiger charge is -2.11. The van der Waals surface area contributed by atoms with Crippen LogP contribution in [-0.4, -0.2) is 24.4 Å². The van der Waals surface area contributed by atoms with Crippen molar-refractivity contribution in [2.24, 2.45) is 5.73 Å². The van der Waals surface area contributed by atoms with Gasteiger partial charge in [0.1, 0.15) is 18.5 Å². The fourth-order valence-corrected chi connectivity index (χ4v) is 1.79. The molecule has 0 amide bonds. The van der Waals surface area contributed by atoms with E-state index in [-0.39, 0.29) is 13.2 Å². The highest BCUT2D eigenvalue weighted by molar-refractivity contribution is 5.66. The van der Waals surface area contributed by atoms with Crippen molar-refractivity contribution in [3.05, 3.63) is 54.1 Å². The number of hydrogen-bond donors (Lipinski definition) is 2. The topological polar surface area (TPSA) is 79.3 Å². The Morgan fingerprint density at radius 3 is 2.55 bits per heavy atom. The minimum absolute atomic E-state index is 0.165. The Kier molecular flexibility index (Phi) is 4.72. The quantitative estimate of drug-likeness (QED) is 0.868. The van der Waals surface area contributed by atoms with E-state index in [0.29, 0.717) is 11.3 Å². The Balaban J connectivity index is 2.19. The van der Waals surface area contributed by atoms with Gasteiger partial charge in [-0.1, -0.05) is 24.3 Å². The van der Waals surface area contributed by atoms with Gasteiger partial charge < -0.3 is 15.6 Å². The molecule has 4 heteroatoms. The molecule has 0 spiro atoms. The minimum atomic E-state index is -0.666. The second kappa shape index (κ2) is 6.71. The van der Waals surface area contributed by atoms with Gasteiger partial charge in [-0.2, -0.15) is 5.26 Å². The molecule has 0 radical (unpaired) electrons. The van der Waals surface area contributed by atoms with Crippen LogP contribution in [0.15, 0.2) is 48.5 Å². The van der Waals surface area contributed by atoms with Gasteiger partial charge in [-0.25, -0.2) is 0 Å². The maximum absolute atomic E-state index is 9.39. The van der Waals surface area contributed by atoms with Crippen LogP contribution in [0.4, 0.5) is 0 Å². The van der Waals surface area contributed by atoms with E-state index < -0.39 is 6.10 Å². The summed E-state index contributed by atoms with van der Waals surface area (Å²) < 4.78 is 5.48. The molecule has 0 aliphatic rings. The fraction of sp³-hybridized carbons (Fsp3) is 0.188. The highest BCUT2D eigenvalue weighted by Gasteiger charge is 2.04. The van der Waals surface area contributed by atoms with Gasteiger partial charge in [-0.3, -0.25) is 0 Å². The fourth-order valence-electron chi connectivity index (χ4n) is 1.79. The van der Waals surface area contributed by atoms with E-state index in [1.54, 1.807) is 6.07 Å². The molecule has 0 aliphatic heterocycles. The lowest BCUT2D eigenvalue weighted by Crippen LogP contribution is -2.26. The van der Waals surface area contributed by atoms with E-state index in [1.807, 2.05) is 42.5 Å². The maximum atomic E-state index is 9.39. The molecule has 2 rings (SSSR count). The van der Waals surface area contributed by atoms with Gasteiger partial charge in [0, 0.05) is 6.54 Å². The van der Waals surface area contributed by atoms with E-state index in [9.17, 15) is 5.11 Å². The predicted octanol–water partition coefficient (Wildman–Crippen LogP) is 1.92. The van der Waals surface area contributed by atoms with E-state index in [0.717, 1.165) is 11.1 Å². The molecule has 0 fully saturated rings. The molecule has 102 valence electrons. The van der Waals surface area contributed by atoms with Crippen molar-refractivity contribution in [1.29, 1.82) is 5.26 Å².